The highest BCUT2D eigenvalue weighted by Gasteiger charge is 2.34. The Morgan fingerprint density at radius 3 is 2.75 bits per heavy atom. The maximum Gasteiger partial charge on any atom is 0.213 e. The van der Waals surface area contributed by atoms with Crippen LogP contribution in [-0.2, 0) is 6.54 Å². The molecule has 3 fully saturated rings. The number of hydrogen-bond acceptors (Lipinski definition) is 7. The quantitative estimate of drug-likeness (QED) is 0.493. The van der Waals surface area contributed by atoms with E-state index in [1.165, 1.54) is 25.0 Å². The summed E-state index contributed by atoms with van der Waals surface area (Å²) in [5, 5.41) is 5.02. The predicted octanol–water partition coefficient (Wildman–Crippen LogP) is 4.71. The van der Waals surface area contributed by atoms with Crippen molar-refractivity contribution in [2.24, 2.45) is 5.92 Å². The fourth-order valence-corrected chi connectivity index (χ4v) is 6.29. The third-order valence-electron chi connectivity index (χ3n) is 8.45. The summed E-state index contributed by atoms with van der Waals surface area (Å²) in [6.45, 7) is 9.97. The van der Waals surface area contributed by atoms with E-state index in [0.717, 1.165) is 68.3 Å². The van der Waals surface area contributed by atoms with E-state index in [1.807, 2.05) is 6.07 Å². The number of aromatic nitrogens is 2. The van der Waals surface area contributed by atoms with Crippen LogP contribution in [0.25, 0.3) is 11.0 Å². The summed E-state index contributed by atoms with van der Waals surface area (Å²) < 4.78 is 25.4. The van der Waals surface area contributed by atoms with E-state index in [0.29, 0.717) is 36.2 Å². The molecule has 0 amide bonds. The van der Waals surface area contributed by atoms with E-state index in [-0.39, 0.29) is 5.82 Å². The molecule has 3 aliphatic heterocycles. The molecule has 0 spiro atoms. The highest BCUT2D eigenvalue weighted by atomic mass is 19.1. The van der Waals surface area contributed by atoms with Gasteiger partial charge >= 0.3 is 0 Å². The Morgan fingerprint density at radius 2 is 1.89 bits per heavy atom. The zero-order valence-electron chi connectivity index (χ0n) is 21.3. The summed E-state index contributed by atoms with van der Waals surface area (Å²) in [5.74, 6) is 1.74. The lowest BCUT2D eigenvalue weighted by Gasteiger charge is -2.46. The van der Waals surface area contributed by atoms with Crippen LogP contribution in [0, 0.1) is 11.7 Å². The van der Waals surface area contributed by atoms with E-state index in [9.17, 15) is 4.39 Å². The number of anilines is 1. The molecule has 2 unspecified atom stereocenters. The number of piperazine rings is 1. The van der Waals surface area contributed by atoms with Crippen molar-refractivity contribution < 1.29 is 13.7 Å². The predicted molar refractivity (Wildman–Crippen MR) is 138 cm³/mol. The Kier molecular flexibility index (Phi) is 6.56. The van der Waals surface area contributed by atoms with Crippen molar-refractivity contribution in [2.45, 2.75) is 64.2 Å². The SMILES string of the molecule is CC1CCC(C)N1Cc1cccc(OC[C@@H]2CC[C@@H]3CN(c4noc5ccc(F)cc45)CCN3C2)n1. The van der Waals surface area contributed by atoms with Crippen molar-refractivity contribution in [3.63, 3.8) is 0 Å². The number of ether oxygens (including phenoxy) is 1. The number of rotatable bonds is 6. The molecular weight excluding hydrogens is 457 g/mol. The lowest BCUT2D eigenvalue weighted by molar-refractivity contribution is 0.0715. The highest BCUT2D eigenvalue weighted by molar-refractivity contribution is 5.88. The average molecular weight is 494 g/mol. The van der Waals surface area contributed by atoms with Gasteiger partial charge in [0.15, 0.2) is 11.4 Å². The lowest BCUT2D eigenvalue weighted by Crippen LogP contribution is -2.57. The number of piperidine rings is 1. The maximum atomic E-state index is 13.8. The number of benzene rings is 1. The summed E-state index contributed by atoms with van der Waals surface area (Å²) in [7, 11) is 0. The van der Waals surface area contributed by atoms with Crippen molar-refractivity contribution in [3.8, 4) is 5.88 Å². The summed E-state index contributed by atoms with van der Waals surface area (Å²) in [6, 6.07) is 12.5. The molecule has 0 aliphatic carbocycles. The first-order valence-corrected chi connectivity index (χ1v) is 13.4. The molecule has 1 aromatic carbocycles. The van der Waals surface area contributed by atoms with Gasteiger partial charge in [-0.15, -0.1) is 0 Å². The fraction of sp³-hybridized carbons (Fsp3) is 0.571. The van der Waals surface area contributed by atoms with Gasteiger partial charge in [-0.1, -0.05) is 11.2 Å². The fourth-order valence-electron chi connectivity index (χ4n) is 6.29. The van der Waals surface area contributed by atoms with E-state index in [1.54, 1.807) is 6.07 Å². The summed E-state index contributed by atoms with van der Waals surface area (Å²) in [6.07, 6.45) is 4.78. The second-order valence-corrected chi connectivity index (χ2v) is 10.9. The van der Waals surface area contributed by atoms with Gasteiger partial charge < -0.3 is 14.2 Å². The van der Waals surface area contributed by atoms with Gasteiger partial charge in [-0.25, -0.2) is 9.37 Å². The number of nitrogens with zero attached hydrogens (tertiary/aromatic N) is 5. The van der Waals surface area contributed by atoms with Gasteiger partial charge in [-0.2, -0.15) is 0 Å². The first-order valence-electron chi connectivity index (χ1n) is 13.4. The minimum atomic E-state index is -0.258. The number of likely N-dealkylation sites (tertiary alicyclic amines) is 1. The van der Waals surface area contributed by atoms with E-state index in [2.05, 4.69) is 45.8 Å². The number of pyridine rings is 1. The molecule has 5 heterocycles. The van der Waals surface area contributed by atoms with Gasteiger partial charge in [0.1, 0.15) is 5.82 Å². The Bertz CT molecular complexity index is 1190. The van der Waals surface area contributed by atoms with Crippen LogP contribution in [0.4, 0.5) is 10.2 Å². The van der Waals surface area contributed by atoms with Crippen molar-refractivity contribution in [3.05, 3.63) is 47.9 Å². The van der Waals surface area contributed by atoms with Gasteiger partial charge in [0.05, 0.1) is 17.7 Å². The highest BCUT2D eigenvalue weighted by Crippen LogP contribution is 2.32. The van der Waals surface area contributed by atoms with Crippen LogP contribution >= 0.6 is 0 Å². The van der Waals surface area contributed by atoms with Gasteiger partial charge in [0.25, 0.3) is 0 Å². The second-order valence-electron chi connectivity index (χ2n) is 10.9. The van der Waals surface area contributed by atoms with Crippen LogP contribution in [0.3, 0.4) is 0 Å². The Labute approximate surface area is 212 Å². The molecule has 7 nitrogen and oxygen atoms in total. The first-order chi connectivity index (χ1) is 17.5. The molecular formula is C28H36FN5O2. The number of halogens is 1. The molecule has 3 saturated heterocycles. The Balaban J connectivity index is 1.02. The van der Waals surface area contributed by atoms with Crippen molar-refractivity contribution in [1.82, 2.24) is 19.9 Å². The van der Waals surface area contributed by atoms with Crippen LogP contribution < -0.4 is 9.64 Å². The third-order valence-corrected chi connectivity index (χ3v) is 8.45. The Morgan fingerprint density at radius 1 is 1.03 bits per heavy atom. The normalized spacial score (nSPS) is 27.5. The van der Waals surface area contributed by atoms with Gasteiger partial charge in [-0.3, -0.25) is 9.80 Å². The van der Waals surface area contributed by atoms with Crippen LogP contribution in [-0.4, -0.2) is 70.9 Å². The van der Waals surface area contributed by atoms with Crippen LogP contribution in [0.1, 0.15) is 45.2 Å². The molecule has 36 heavy (non-hydrogen) atoms. The molecule has 4 atom stereocenters. The van der Waals surface area contributed by atoms with E-state index < -0.39 is 0 Å². The summed E-state index contributed by atoms with van der Waals surface area (Å²) >= 11 is 0. The molecule has 2 aromatic heterocycles. The molecule has 0 radical (unpaired) electrons. The van der Waals surface area contributed by atoms with Crippen molar-refractivity contribution >= 4 is 16.8 Å². The number of fused-ring (bicyclic) bond motifs is 2. The monoisotopic (exact) mass is 493 g/mol. The zero-order chi connectivity index (χ0) is 24.6. The van der Waals surface area contributed by atoms with Crippen LogP contribution in [0.2, 0.25) is 0 Å². The van der Waals surface area contributed by atoms with Crippen molar-refractivity contribution in [1.29, 1.82) is 0 Å². The van der Waals surface area contributed by atoms with Gasteiger partial charge in [0.2, 0.25) is 5.88 Å². The molecule has 6 rings (SSSR count). The van der Waals surface area contributed by atoms with E-state index >= 15 is 0 Å². The minimum absolute atomic E-state index is 0.258. The number of hydrogen-bond donors (Lipinski definition) is 0. The van der Waals surface area contributed by atoms with Crippen molar-refractivity contribution in [2.75, 3.05) is 37.7 Å². The maximum absolute atomic E-state index is 13.8. The molecule has 3 aliphatic rings. The third kappa shape index (κ3) is 4.81. The zero-order valence-corrected chi connectivity index (χ0v) is 21.3. The molecule has 8 heteroatoms. The summed E-state index contributed by atoms with van der Waals surface area (Å²) in [5.41, 5.74) is 1.73. The minimum Gasteiger partial charge on any atom is -0.477 e. The average Bonchev–Trinajstić information content (AvgIpc) is 3.45. The van der Waals surface area contributed by atoms with Gasteiger partial charge in [0, 0.05) is 62.8 Å². The Hall–Kier alpha value is -2.71. The molecule has 3 aromatic rings. The summed E-state index contributed by atoms with van der Waals surface area (Å²) in [4.78, 5) is 12.2. The second kappa shape index (κ2) is 9.98. The topological polar surface area (TPSA) is 57.9 Å². The molecule has 192 valence electrons. The van der Waals surface area contributed by atoms with Crippen LogP contribution in [0.15, 0.2) is 40.9 Å². The lowest BCUT2D eigenvalue weighted by atomic mass is 9.91. The standard InChI is InChI=1S/C28H36FN5O2/c1-19-6-7-20(2)34(19)16-23-4-3-5-27(30-23)35-18-21-8-10-24-17-33(13-12-32(24)15-21)28-25-14-22(29)9-11-26(25)36-31-28/h3-5,9,11,14,19-21,24H,6-8,10,12-13,15-18H2,1-2H3/t19?,20?,21-,24-/m1/s1. The molecule has 0 bridgehead atoms. The molecule has 0 N–H and O–H groups in total. The van der Waals surface area contributed by atoms with Crippen LogP contribution in [0.5, 0.6) is 5.88 Å². The molecule has 0 saturated carbocycles. The van der Waals surface area contributed by atoms with E-state index in [4.69, 9.17) is 14.2 Å². The smallest absolute Gasteiger partial charge is 0.213 e. The first kappa shape index (κ1) is 23.7. The van der Waals surface area contributed by atoms with Gasteiger partial charge in [-0.05, 0) is 63.8 Å². The largest absolute Gasteiger partial charge is 0.477 e.